The van der Waals surface area contributed by atoms with Gasteiger partial charge in [0.25, 0.3) is 0 Å². The standard InChI is InChI=1S/C19H19FN4O/c20-16-6-2-1-4-15(16)12-24-8-9-25-13-18(24)19-22-11-17(23-19)14-5-3-7-21-10-14/h1-7,10-11,18H,8-9,12-13H2,(H,22,23)/t18-/m0/s1. The number of aromatic amines is 1. The molecule has 3 heterocycles. The second kappa shape index (κ2) is 7.13. The van der Waals surface area contributed by atoms with Crippen molar-refractivity contribution in [1.82, 2.24) is 19.9 Å². The van der Waals surface area contributed by atoms with Crippen molar-refractivity contribution in [2.75, 3.05) is 19.8 Å². The largest absolute Gasteiger partial charge is 0.378 e. The third kappa shape index (κ3) is 3.45. The molecule has 0 amide bonds. The minimum Gasteiger partial charge on any atom is -0.378 e. The van der Waals surface area contributed by atoms with Gasteiger partial charge in [0.05, 0.1) is 31.1 Å². The van der Waals surface area contributed by atoms with E-state index in [0.717, 1.165) is 23.6 Å². The van der Waals surface area contributed by atoms with Gasteiger partial charge in [-0.3, -0.25) is 9.88 Å². The molecule has 1 saturated heterocycles. The molecular weight excluding hydrogens is 319 g/mol. The smallest absolute Gasteiger partial charge is 0.127 e. The normalized spacial score (nSPS) is 18.4. The molecule has 6 heteroatoms. The topological polar surface area (TPSA) is 54.0 Å². The monoisotopic (exact) mass is 338 g/mol. The highest BCUT2D eigenvalue weighted by molar-refractivity contribution is 5.56. The number of benzene rings is 1. The number of imidazole rings is 1. The summed E-state index contributed by atoms with van der Waals surface area (Å²) in [6.07, 6.45) is 5.35. The summed E-state index contributed by atoms with van der Waals surface area (Å²) in [6, 6.07) is 10.7. The van der Waals surface area contributed by atoms with Crippen molar-refractivity contribution in [3.63, 3.8) is 0 Å². The van der Waals surface area contributed by atoms with Gasteiger partial charge >= 0.3 is 0 Å². The lowest BCUT2D eigenvalue weighted by Gasteiger charge is -2.34. The van der Waals surface area contributed by atoms with Gasteiger partial charge in [-0.05, 0) is 18.2 Å². The van der Waals surface area contributed by atoms with Crippen molar-refractivity contribution in [3.05, 3.63) is 72.2 Å². The number of pyridine rings is 1. The van der Waals surface area contributed by atoms with E-state index in [1.54, 1.807) is 18.5 Å². The van der Waals surface area contributed by atoms with Gasteiger partial charge in [-0.15, -0.1) is 0 Å². The molecule has 128 valence electrons. The average Bonchev–Trinajstić information content (AvgIpc) is 3.15. The highest BCUT2D eigenvalue weighted by Gasteiger charge is 2.27. The molecule has 1 aliphatic heterocycles. The molecule has 25 heavy (non-hydrogen) atoms. The zero-order valence-corrected chi connectivity index (χ0v) is 13.7. The Hall–Kier alpha value is -2.57. The van der Waals surface area contributed by atoms with E-state index in [9.17, 15) is 4.39 Å². The maximum atomic E-state index is 14.0. The number of nitrogens with zero attached hydrogens (tertiary/aromatic N) is 3. The Morgan fingerprint density at radius 3 is 2.96 bits per heavy atom. The van der Waals surface area contributed by atoms with E-state index in [2.05, 4.69) is 19.9 Å². The van der Waals surface area contributed by atoms with Crippen molar-refractivity contribution in [2.45, 2.75) is 12.6 Å². The Kier molecular flexibility index (Phi) is 4.54. The molecule has 0 aliphatic carbocycles. The molecule has 2 aromatic heterocycles. The number of hydrogen-bond donors (Lipinski definition) is 1. The lowest BCUT2D eigenvalue weighted by molar-refractivity contribution is -0.0160. The Labute approximate surface area is 145 Å². The molecule has 5 nitrogen and oxygen atoms in total. The van der Waals surface area contributed by atoms with Crippen LogP contribution in [0.4, 0.5) is 4.39 Å². The first-order valence-electron chi connectivity index (χ1n) is 8.32. The zero-order valence-electron chi connectivity index (χ0n) is 13.7. The second-order valence-corrected chi connectivity index (χ2v) is 6.08. The van der Waals surface area contributed by atoms with Crippen LogP contribution in [0.2, 0.25) is 0 Å². The van der Waals surface area contributed by atoms with Crippen LogP contribution in [-0.4, -0.2) is 39.6 Å². The molecule has 1 aliphatic rings. The summed E-state index contributed by atoms with van der Waals surface area (Å²) >= 11 is 0. The second-order valence-electron chi connectivity index (χ2n) is 6.08. The minimum atomic E-state index is -0.178. The molecule has 0 spiro atoms. The van der Waals surface area contributed by atoms with Crippen molar-refractivity contribution in [3.8, 4) is 11.3 Å². The first-order valence-corrected chi connectivity index (χ1v) is 8.32. The van der Waals surface area contributed by atoms with E-state index < -0.39 is 0 Å². The van der Waals surface area contributed by atoms with Gasteiger partial charge < -0.3 is 9.72 Å². The van der Waals surface area contributed by atoms with E-state index >= 15 is 0 Å². The highest BCUT2D eigenvalue weighted by Crippen LogP contribution is 2.26. The molecule has 0 saturated carbocycles. The van der Waals surface area contributed by atoms with Gasteiger partial charge in [0.2, 0.25) is 0 Å². The molecule has 4 rings (SSSR count). The molecule has 1 fully saturated rings. The van der Waals surface area contributed by atoms with Gasteiger partial charge in [0.15, 0.2) is 0 Å². The predicted molar refractivity (Wildman–Crippen MR) is 92.2 cm³/mol. The van der Waals surface area contributed by atoms with Gasteiger partial charge in [0, 0.05) is 36.6 Å². The van der Waals surface area contributed by atoms with Gasteiger partial charge in [-0.2, -0.15) is 0 Å². The maximum Gasteiger partial charge on any atom is 0.127 e. The van der Waals surface area contributed by atoms with E-state index in [0.29, 0.717) is 25.3 Å². The number of halogens is 1. The van der Waals surface area contributed by atoms with E-state index in [1.165, 1.54) is 6.07 Å². The van der Waals surface area contributed by atoms with E-state index in [-0.39, 0.29) is 11.9 Å². The Morgan fingerprint density at radius 2 is 2.12 bits per heavy atom. The molecule has 1 aromatic carbocycles. The number of morpholine rings is 1. The minimum absolute atomic E-state index is 0.0289. The number of nitrogens with one attached hydrogen (secondary N) is 1. The third-order valence-electron chi connectivity index (χ3n) is 4.45. The van der Waals surface area contributed by atoms with Crippen molar-refractivity contribution in [1.29, 1.82) is 0 Å². The summed E-state index contributed by atoms with van der Waals surface area (Å²) in [4.78, 5) is 14.2. The van der Waals surface area contributed by atoms with Crippen molar-refractivity contribution >= 4 is 0 Å². The predicted octanol–water partition coefficient (Wildman–Crippen LogP) is 3.18. The van der Waals surface area contributed by atoms with Crippen molar-refractivity contribution < 1.29 is 9.13 Å². The van der Waals surface area contributed by atoms with Crippen LogP contribution in [0.1, 0.15) is 17.4 Å². The van der Waals surface area contributed by atoms with Crippen LogP contribution in [-0.2, 0) is 11.3 Å². The quantitative estimate of drug-likeness (QED) is 0.794. The van der Waals surface area contributed by atoms with Crippen LogP contribution in [0.15, 0.2) is 55.0 Å². The average molecular weight is 338 g/mol. The van der Waals surface area contributed by atoms with Crippen LogP contribution in [0.5, 0.6) is 0 Å². The highest BCUT2D eigenvalue weighted by atomic mass is 19.1. The molecule has 3 aromatic rings. The number of H-pyrrole nitrogens is 1. The van der Waals surface area contributed by atoms with E-state index in [4.69, 9.17) is 4.74 Å². The summed E-state index contributed by atoms with van der Waals surface area (Å²) in [6.45, 7) is 2.45. The molecular formula is C19H19FN4O. The number of rotatable bonds is 4. The summed E-state index contributed by atoms with van der Waals surface area (Å²) in [5.41, 5.74) is 2.59. The van der Waals surface area contributed by atoms with Gasteiger partial charge in [-0.25, -0.2) is 9.37 Å². The zero-order chi connectivity index (χ0) is 17.1. The SMILES string of the molecule is Fc1ccccc1CN1CCOC[C@H]1c1ncc(-c2cccnc2)[nH]1. The van der Waals surface area contributed by atoms with Gasteiger partial charge in [-0.1, -0.05) is 18.2 Å². The lowest BCUT2D eigenvalue weighted by atomic mass is 10.1. The van der Waals surface area contributed by atoms with E-state index in [1.807, 2.05) is 30.5 Å². The Balaban J connectivity index is 1.57. The Morgan fingerprint density at radius 1 is 1.20 bits per heavy atom. The molecule has 0 bridgehead atoms. The molecule has 0 unspecified atom stereocenters. The fourth-order valence-corrected chi connectivity index (χ4v) is 3.10. The summed E-state index contributed by atoms with van der Waals surface area (Å²) in [7, 11) is 0. The lowest BCUT2D eigenvalue weighted by Crippen LogP contribution is -2.39. The molecule has 1 atom stereocenters. The van der Waals surface area contributed by atoms with Crippen LogP contribution in [0.25, 0.3) is 11.3 Å². The van der Waals surface area contributed by atoms with Crippen LogP contribution in [0.3, 0.4) is 0 Å². The fraction of sp³-hybridized carbons (Fsp3) is 0.263. The summed E-state index contributed by atoms with van der Waals surface area (Å²) < 4.78 is 19.7. The fourth-order valence-electron chi connectivity index (χ4n) is 3.10. The number of ether oxygens (including phenoxy) is 1. The van der Waals surface area contributed by atoms with Crippen LogP contribution < -0.4 is 0 Å². The van der Waals surface area contributed by atoms with Crippen molar-refractivity contribution in [2.24, 2.45) is 0 Å². The summed E-state index contributed by atoms with van der Waals surface area (Å²) in [5, 5.41) is 0. The van der Waals surface area contributed by atoms with Crippen LogP contribution >= 0.6 is 0 Å². The summed E-state index contributed by atoms with van der Waals surface area (Å²) in [5.74, 6) is 0.651. The first-order chi connectivity index (χ1) is 12.3. The number of hydrogen-bond acceptors (Lipinski definition) is 4. The maximum absolute atomic E-state index is 14.0. The molecule has 0 radical (unpaired) electrons. The number of aromatic nitrogens is 3. The first kappa shape index (κ1) is 15.9. The van der Waals surface area contributed by atoms with Crippen LogP contribution in [0, 0.1) is 5.82 Å². The van der Waals surface area contributed by atoms with Gasteiger partial charge in [0.1, 0.15) is 11.6 Å². The third-order valence-corrected chi connectivity index (χ3v) is 4.45. The molecule has 1 N–H and O–H groups in total. The Bertz CT molecular complexity index is 836.